The van der Waals surface area contributed by atoms with Gasteiger partial charge in [-0.25, -0.2) is 4.68 Å². The average molecular weight is 351 g/mol. The number of benzene rings is 1. The van der Waals surface area contributed by atoms with E-state index in [0.717, 1.165) is 42.7 Å². The zero-order chi connectivity index (χ0) is 17.8. The van der Waals surface area contributed by atoms with Gasteiger partial charge in [-0.3, -0.25) is 9.78 Å². The fourth-order valence-corrected chi connectivity index (χ4v) is 3.47. The van der Waals surface area contributed by atoms with Gasteiger partial charge in [0.05, 0.1) is 11.6 Å². The Bertz CT molecular complexity index is 874. The molecule has 26 heavy (non-hydrogen) atoms. The van der Waals surface area contributed by atoms with Crippen LogP contribution in [0, 0.1) is 5.92 Å². The van der Waals surface area contributed by atoms with Gasteiger partial charge in [0.15, 0.2) is 0 Å². The van der Waals surface area contributed by atoms with Crippen LogP contribution in [-0.4, -0.2) is 39.1 Å². The van der Waals surface area contributed by atoms with Crippen LogP contribution >= 0.6 is 0 Å². The van der Waals surface area contributed by atoms with Crippen LogP contribution in [-0.2, 0) is 16.1 Å². The van der Waals surface area contributed by atoms with Crippen LogP contribution in [0.5, 0.6) is 0 Å². The number of hydrogen-bond donors (Lipinski definition) is 1. The molecule has 1 atom stereocenters. The quantitative estimate of drug-likeness (QED) is 0.761. The molecule has 1 aliphatic heterocycles. The number of ether oxygens (including phenoxy) is 1. The first-order chi connectivity index (χ1) is 12.8. The van der Waals surface area contributed by atoms with Crippen molar-refractivity contribution in [3.8, 4) is 0 Å². The Morgan fingerprint density at radius 1 is 1.23 bits per heavy atom. The SMILES string of the molecule is O=C(Cn1nnc2ccccc21)NC(c1cccnc1)C1CCOCC1. The maximum absolute atomic E-state index is 12.7. The molecule has 1 unspecified atom stereocenters. The van der Waals surface area contributed by atoms with Crippen molar-refractivity contribution < 1.29 is 9.53 Å². The van der Waals surface area contributed by atoms with Gasteiger partial charge in [-0.1, -0.05) is 23.4 Å². The number of pyridine rings is 1. The van der Waals surface area contributed by atoms with Gasteiger partial charge in [-0.05, 0) is 42.5 Å². The van der Waals surface area contributed by atoms with Gasteiger partial charge in [0.25, 0.3) is 0 Å². The number of carbonyl (C=O) groups is 1. The maximum Gasteiger partial charge on any atom is 0.242 e. The molecule has 1 N–H and O–H groups in total. The Morgan fingerprint density at radius 2 is 2.08 bits per heavy atom. The lowest BCUT2D eigenvalue weighted by Crippen LogP contribution is -2.37. The van der Waals surface area contributed by atoms with Crippen LogP contribution in [0.4, 0.5) is 0 Å². The van der Waals surface area contributed by atoms with Gasteiger partial charge in [0.1, 0.15) is 12.1 Å². The third-order valence-corrected chi connectivity index (χ3v) is 4.81. The van der Waals surface area contributed by atoms with E-state index in [4.69, 9.17) is 4.74 Å². The van der Waals surface area contributed by atoms with Crippen LogP contribution in [0.3, 0.4) is 0 Å². The fourth-order valence-electron chi connectivity index (χ4n) is 3.47. The zero-order valence-electron chi connectivity index (χ0n) is 14.4. The molecule has 0 saturated carbocycles. The molecular formula is C19H21N5O2. The second-order valence-corrected chi connectivity index (χ2v) is 6.52. The summed E-state index contributed by atoms with van der Waals surface area (Å²) in [5.41, 5.74) is 2.66. The van der Waals surface area contributed by atoms with Crippen molar-refractivity contribution >= 4 is 16.9 Å². The first-order valence-electron chi connectivity index (χ1n) is 8.86. The minimum atomic E-state index is -0.0824. The van der Waals surface area contributed by atoms with E-state index in [2.05, 4.69) is 20.6 Å². The molecule has 0 radical (unpaired) electrons. The number of nitrogens with zero attached hydrogens (tertiary/aromatic N) is 4. The molecule has 2 aromatic heterocycles. The first kappa shape index (κ1) is 16.7. The molecule has 0 aliphatic carbocycles. The molecule has 1 aromatic carbocycles. The van der Waals surface area contributed by atoms with Crippen LogP contribution in [0.2, 0.25) is 0 Å². The van der Waals surface area contributed by atoms with Gasteiger partial charge in [-0.15, -0.1) is 5.10 Å². The minimum absolute atomic E-state index is 0.0742. The molecule has 0 spiro atoms. The highest BCUT2D eigenvalue weighted by Gasteiger charge is 2.27. The molecule has 1 aliphatic rings. The number of nitrogens with one attached hydrogen (secondary N) is 1. The first-order valence-corrected chi connectivity index (χ1v) is 8.86. The summed E-state index contributed by atoms with van der Waals surface area (Å²) in [5.74, 6) is 0.255. The summed E-state index contributed by atoms with van der Waals surface area (Å²) in [7, 11) is 0. The van der Waals surface area contributed by atoms with Gasteiger partial charge in [0, 0.05) is 25.6 Å². The summed E-state index contributed by atoms with van der Waals surface area (Å²) in [6.45, 7) is 1.59. The van der Waals surface area contributed by atoms with Crippen molar-refractivity contribution in [1.29, 1.82) is 0 Å². The molecular weight excluding hydrogens is 330 g/mol. The Balaban J connectivity index is 1.52. The Morgan fingerprint density at radius 3 is 2.88 bits per heavy atom. The van der Waals surface area contributed by atoms with Gasteiger partial charge < -0.3 is 10.1 Å². The highest BCUT2D eigenvalue weighted by Crippen LogP contribution is 2.29. The van der Waals surface area contributed by atoms with Crippen molar-refractivity contribution in [1.82, 2.24) is 25.3 Å². The van der Waals surface area contributed by atoms with E-state index < -0.39 is 0 Å². The smallest absolute Gasteiger partial charge is 0.242 e. The summed E-state index contributed by atoms with van der Waals surface area (Å²) in [6.07, 6.45) is 5.41. The van der Waals surface area contributed by atoms with Crippen LogP contribution < -0.4 is 5.32 Å². The van der Waals surface area contributed by atoms with Gasteiger partial charge in [-0.2, -0.15) is 0 Å². The molecule has 3 heterocycles. The zero-order valence-corrected chi connectivity index (χ0v) is 14.4. The highest BCUT2D eigenvalue weighted by molar-refractivity contribution is 5.80. The molecule has 0 bridgehead atoms. The van der Waals surface area contributed by atoms with Crippen LogP contribution in [0.25, 0.3) is 11.0 Å². The van der Waals surface area contributed by atoms with Crippen molar-refractivity contribution in [2.24, 2.45) is 5.92 Å². The predicted octanol–water partition coefficient (Wildman–Crippen LogP) is 2.11. The lowest BCUT2D eigenvalue weighted by Gasteiger charge is -2.31. The van der Waals surface area contributed by atoms with Crippen LogP contribution in [0.15, 0.2) is 48.8 Å². The predicted molar refractivity (Wildman–Crippen MR) is 96.2 cm³/mol. The van der Waals surface area contributed by atoms with E-state index in [-0.39, 0.29) is 18.5 Å². The molecule has 134 valence electrons. The molecule has 1 saturated heterocycles. The monoisotopic (exact) mass is 351 g/mol. The molecule has 7 heteroatoms. The highest BCUT2D eigenvalue weighted by atomic mass is 16.5. The number of fused-ring (bicyclic) bond motifs is 1. The Labute approximate surface area is 151 Å². The Hall–Kier alpha value is -2.80. The summed E-state index contributed by atoms with van der Waals surface area (Å²) >= 11 is 0. The number of rotatable bonds is 5. The molecule has 1 fully saturated rings. The van der Waals surface area contributed by atoms with Crippen LogP contribution in [0.1, 0.15) is 24.4 Å². The number of amides is 1. The van der Waals surface area contributed by atoms with Gasteiger partial charge >= 0.3 is 0 Å². The number of hydrogen-bond acceptors (Lipinski definition) is 5. The van der Waals surface area contributed by atoms with Crippen molar-refractivity contribution in [2.75, 3.05) is 13.2 Å². The van der Waals surface area contributed by atoms with E-state index in [9.17, 15) is 4.79 Å². The maximum atomic E-state index is 12.7. The molecule has 7 nitrogen and oxygen atoms in total. The standard InChI is InChI=1S/C19H21N5O2/c25-18(13-24-17-6-2-1-5-16(17)22-23-24)21-19(14-7-10-26-11-8-14)15-4-3-9-20-12-15/h1-6,9,12,14,19H,7-8,10-11,13H2,(H,21,25). The van der Waals surface area contributed by atoms with E-state index in [1.807, 2.05) is 42.6 Å². The third-order valence-electron chi connectivity index (χ3n) is 4.81. The molecule has 4 rings (SSSR count). The number of carbonyl (C=O) groups excluding carboxylic acids is 1. The van der Waals surface area contributed by atoms with Gasteiger partial charge in [0.2, 0.25) is 5.91 Å². The molecule has 1 amide bonds. The minimum Gasteiger partial charge on any atom is -0.381 e. The summed E-state index contributed by atoms with van der Waals surface area (Å²) in [6, 6.07) is 11.5. The van der Waals surface area contributed by atoms with E-state index in [0.29, 0.717) is 5.92 Å². The topological polar surface area (TPSA) is 81.9 Å². The summed E-state index contributed by atoms with van der Waals surface area (Å²) in [5, 5.41) is 11.4. The number of aromatic nitrogens is 4. The normalized spacial score (nSPS) is 16.5. The van der Waals surface area contributed by atoms with Crippen molar-refractivity contribution in [2.45, 2.75) is 25.4 Å². The fraction of sp³-hybridized carbons (Fsp3) is 0.368. The lowest BCUT2D eigenvalue weighted by molar-refractivity contribution is -0.123. The van der Waals surface area contributed by atoms with Crippen molar-refractivity contribution in [3.05, 3.63) is 54.4 Å². The van der Waals surface area contributed by atoms with E-state index in [1.165, 1.54) is 0 Å². The largest absolute Gasteiger partial charge is 0.381 e. The summed E-state index contributed by atoms with van der Waals surface area (Å²) < 4.78 is 7.11. The van der Waals surface area contributed by atoms with E-state index >= 15 is 0 Å². The summed E-state index contributed by atoms with van der Waals surface area (Å²) in [4.78, 5) is 16.9. The van der Waals surface area contributed by atoms with Crippen molar-refractivity contribution in [3.63, 3.8) is 0 Å². The average Bonchev–Trinajstić information content (AvgIpc) is 3.10. The number of para-hydroxylation sites is 1. The third kappa shape index (κ3) is 3.57. The lowest BCUT2D eigenvalue weighted by atomic mass is 9.87. The Kier molecular flexibility index (Phi) is 4.88. The second-order valence-electron chi connectivity index (χ2n) is 6.52. The second kappa shape index (κ2) is 7.61. The molecule has 3 aromatic rings. The van der Waals surface area contributed by atoms with E-state index in [1.54, 1.807) is 10.9 Å².